The molecule has 316 valence electrons. The minimum Gasteiger partial charge on any atom is -0.313 e. The molecule has 0 N–H and O–H groups in total. The molecule has 0 saturated heterocycles. The summed E-state index contributed by atoms with van der Waals surface area (Å²) >= 11 is 0. The Morgan fingerprint density at radius 2 is 1.02 bits per heavy atom. The number of ether oxygens (including phenoxy) is 1. The topological polar surface area (TPSA) is 22.1 Å². The number of aromatic nitrogens is 1. The molecule has 4 fully saturated rings. The number of halogens is 2. The molecule has 1 aromatic heterocycles. The van der Waals surface area contributed by atoms with Crippen LogP contribution in [0.3, 0.4) is 0 Å². The van der Waals surface area contributed by atoms with Crippen molar-refractivity contribution < 1.29 is 13.5 Å². The molecule has 4 heteroatoms. The summed E-state index contributed by atoms with van der Waals surface area (Å²) in [7, 11) is 0. The highest BCUT2D eigenvalue weighted by Gasteiger charge is 2.40. The molecule has 2 nitrogen and oxygen atoms in total. The molecule has 4 aliphatic carbocycles. The number of pyridine rings is 1. The van der Waals surface area contributed by atoms with E-state index in [0.29, 0.717) is 28.9 Å². The zero-order valence-electron chi connectivity index (χ0n) is 37.1. The number of hydrogen-bond acceptors (Lipinski definition) is 2. The van der Waals surface area contributed by atoms with E-state index in [9.17, 15) is 0 Å². The zero-order chi connectivity index (χ0) is 40.8. The number of allylic oxidation sites excluding steroid dienone is 1. The summed E-state index contributed by atoms with van der Waals surface area (Å²) in [6, 6.07) is 13.3. The minimum absolute atomic E-state index is 0.103. The zero-order valence-corrected chi connectivity index (χ0v) is 37.1. The average molecular weight is 792 g/mol. The smallest absolute Gasteiger partial charge is 0.313 e. The van der Waals surface area contributed by atoms with Crippen LogP contribution in [0.2, 0.25) is 0 Å². The first-order chi connectivity index (χ1) is 27.9. The molecule has 4 aliphatic rings. The van der Waals surface area contributed by atoms with Gasteiger partial charge in [-0.3, -0.25) is 4.98 Å². The summed E-state index contributed by atoms with van der Waals surface area (Å²) < 4.78 is 37.6. The molecule has 0 spiro atoms. The minimum atomic E-state index is -3.25. The van der Waals surface area contributed by atoms with E-state index in [1.807, 2.05) is 39.1 Å². The summed E-state index contributed by atoms with van der Waals surface area (Å²) in [5.74, 6) is 5.23. The third kappa shape index (κ3) is 11.3. The second-order valence-electron chi connectivity index (χ2n) is 20.1. The Hall–Kier alpha value is -2.85. The van der Waals surface area contributed by atoms with Crippen LogP contribution in [-0.2, 0) is 23.7 Å². The van der Waals surface area contributed by atoms with E-state index < -0.39 is 6.11 Å². The Bertz CT molecular complexity index is 1750. The van der Waals surface area contributed by atoms with Crippen LogP contribution >= 0.6 is 0 Å². The highest BCUT2D eigenvalue weighted by Crippen LogP contribution is 2.44. The summed E-state index contributed by atoms with van der Waals surface area (Å²) in [4.78, 5) is 4.79. The molecule has 4 saturated carbocycles. The first-order valence-electron chi connectivity index (χ1n) is 23.7. The lowest BCUT2D eigenvalue weighted by Gasteiger charge is -2.35. The monoisotopic (exact) mass is 792 g/mol. The lowest BCUT2D eigenvalue weighted by atomic mass is 9.72. The van der Waals surface area contributed by atoms with E-state index in [1.165, 1.54) is 135 Å². The first kappa shape index (κ1) is 43.2. The molecule has 0 aliphatic heterocycles. The second-order valence-corrected chi connectivity index (χ2v) is 20.1. The van der Waals surface area contributed by atoms with E-state index in [4.69, 9.17) is 9.72 Å². The molecule has 7 rings (SSSR count). The van der Waals surface area contributed by atoms with Crippen molar-refractivity contribution >= 4 is 6.08 Å². The Labute approximate surface area is 351 Å². The van der Waals surface area contributed by atoms with Crippen LogP contribution in [0.25, 0.3) is 6.08 Å². The van der Waals surface area contributed by atoms with Gasteiger partial charge in [-0.05, 0) is 230 Å². The van der Waals surface area contributed by atoms with Crippen molar-refractivity contribution in [3.8, 4) is 0 Å². The van der Waals surface area contributed by atoms with Gasteiger partial charge in [-0.25, -0.2) is 0 Å². The van der Waals surface area contributed by atoms with Crippen LogP contribution in [-0.4, -0.2) is 11.1 Å². The van der Waals surface area contributed by atoms with Gasteiger partial charge in [-0.15, -0.1) is 0 Å². The molecule has 58 heavy (non-hydrogen) atoms. The normalized spacial score (nSPS) is 28.6. The van der Waals surface area contributed by atoms with Crippen LogP contribution in [0, 0.1) is 70.1 Å². The Kier molecular flexibility index (Phi) is 14.7. The second kappa shape index (κ2) is 19.7. The van der Waals surface area contributed by atoms with Gasteiger partial charge in [0.25, 0.3) is 0 Å². The van der Waals surface area contributed by atoms with Crippen LogP contribution in [0.1, 0.15) is 184 Å². The third-order valence-corrected chi connectivity index (χ3v) is 15.7. The SMILES string of the molecule is C/C=C/c1ccc(C2CCC(CC3CCC(Cc4cc(C)c(C(F)(F)OC5CCC(CC6CCC(Cc7cc(C)c(C)c(C)c7)CC6)CC5)c(C)c4)CC3)CC2)nc1. The number of hydrogen-bond donors (Lipinski definition) is 0. The van der Waals surface area contributed by atoms with Gasteiger partial charge >= 0.3 is 6.11 Å². The largest absolute Gasteiger partial charge is 0.384 e. The van der Waals surface area contributed by atoms with E-state index in [2.05, 4.69) is 57.2 Å². The molecule has 0 bridgehead atoms. The van der Waals surface area contributed by atoms with Gasteiger partial charge < -0.3 is 4.74 Å². The van der Waals surface area contributed by atoms with E-state index in [-0.39, 0.29) is 11.7 Å². The lowest BCUT2D eigenvalue weighted by molar-refractivity contribution is -0.278. The van der Waals surface area contributed by atoms with E-state index in [1.54, 1.807) is 0 Å². The maximum absolute atomic E-state index is 15.9. The molecular formula is C54H75F2NO. The lowest BCUT2D eigenvalue weighted by Crippen LogP contribution is -2.31. The molecule has 0 radical (unpaired) electrons. The first-order valence-corrected chi connectivity index (χ1v) is 23.7. The predicted molar refractivity (Wildman–Crippen MR) is 238 cm³/mol. The standard InChI is InChI=1S/C54H75F2NO/c1-7-8-47-21-26-52(57-35-47)50-22-17-45(18-23-50)31-41-9-15-44(16-10-41)34-49-29-38(4)53(39(5)30-49)54(55,56)58-51-24-19-46(20-25-51)32-42-11-13-43(14-12-42)33-48-27-36(2)40(6)37(3)28-48/h7-8,21,26-30,35,41-46,50-51H,9-20,22-25,31-34H2,1-6H3/b8-7+. The van der Waals surface area contributed by atoms with Crippen LogP contribution < -0.4 is 0 Å². The maximum Gasteiger partial charge on any atom is 0.384 e. The van der Waals surface area contributed by atoms with Crippen LogP contribution in [0.5, 0.6) is 0 Å². The highest BCUT2D eigenvalue weighted by molar-refractivity contribution is 5.47. The van der Waals surface area contributed by atoms with Crippen molar-refractivity contribution in [3.05, 3.63) is 104 Å². The highest BCUT2D eigenvalue weighted by atomic mass is 19.3. The van der Waals surface area contributed by atoms with Gasteiger partial charge in [0.2, 0.25) is 0 Å². The molecular weight excluding hydrogens is 717 g/mol. The molecule has 2 aromatic carbocycles. The van der Waals surface area contributed by atoms with Gasteiger partial charge in [-0.2, -0.15) is 8.78 Å². The Morgan fingerprint density at radius 3 is 1.47 bits per heavy atom. The summed E-state index contributed by atoms with van der Waals surface area (Å²) in [6.45, 7) is 12.5. The van der Waals surface area contributed by atoms with Gasteiger partial charge in [0, 0.05) is 17.8 Å². The van der Waals surface area contributed by atoms with Crippen molar-refractivity contribution in [1.82, 2.24) is 4.98 Å². The third-order valence-electron chi connectivity index (χ3n) is 15.7. The van der Waals surface area contributed by atoms with Crippen molar-refractivity contribution in [3.63, 3.8) is 0 Å². The summed E-state index contributed by atoms with van der Waals surface area (Å²) in [5.41, 5.74) is 10.9. The number of nitrogens with zero attached hydrogens (tertiary/aromatic N) is 1. The van der Waals surface area contributed by atoms with Crippen molar-refractivity contribution in [2.24, 2.45) is 35.5 Å². The predicted octanol–water partition coefficient (Wildman–Crippen LogP) is 15.4. The molecule has 0 unspecified atom stereocenters. The number of rotatable bonds is 13. The van der Waals surface area contributed by atoms with Gasteiger partial charge in [0.1, 0.15) is 0 Å². The fraction of sp³-hybridized carbons (Fsp3) is 0.648. The molecule has 3 aromatic rings. The number of aryl methyl sites for hydroxylation is 4. The van der Waals surface area contributed by atoms with Crippen molar-refractivity contribution in [2.75, 3.05) is 0 Å². The van der Waals surface area contributed by atoms with E-state index >= 15 is 8.78 Å². The number of alkyl halides is 2. The van der Waals surface area contributed by atoms with Gasteiger partial charge in [-0.1, -0.05) is 68.2 Å². The van der Waals surface area contributed by atoms with Crippen molar-refractivity contribution in [1.29, 1.82) is 0 Å². The van der Waals surface area contributed by atoms with Crippen LogP contribution in [0.15, 0.2) is 48.7 Å². The molecule has 0 atom stereocenters. The quantitative estimate of drug-likeness (QED) is 0.172. The fourth-order valence-corrected chi connectivity index (χ4v) is 12.2. The Morgan fingerprint density at radius 1 is 0.586 bits per heavy atom. The molecule has 0 amide bonds. The Balaban J connectivity index is 0.806. The van der Waals surface area contributed by atoms with Crippen LogP contribution in [0.4, 0.5) is 8.78 Å². The van der Waals surface area contributed by atoms with E-state index in [0.717, 1.165) is 55.8 Å². The summed E-state index contributed by atoms with van der Waals surface area (Å²) in [5, 5.41) is 0. The van der Waals surface area contributed by atoms with Gasteiger partial charge in [0.15, 0.2) is 0 Å². The average Bonchev–Trinajstić information content (AvgIpc) is 3.19. The molecule has 1 heterocycles. The summed E-state index contributed by atoms with van der Waals surface area (Å²) in [6.07, 6.45) is 26.7. The maximum atomic E-state index is 15.9. The van der Waals surface area contributed by atoms with Crippen molar-refractivity contribution in [2.45, 2.75) is 188 Å². The number of benzene rings is 2. The fourth-order valence-electron chi connectivity index (χ4n) is 12.2. The van der Waals surface area contributed by atoms with Gasteiger partial charge in [0.05, 0.1) is 11.7 Å².